The van der Waals surface area contributed by atoms with Crippen molar-refractivity contribution in [1.29, 1.82) is 5.41 Å². The molecule has 2 atom stereocenters. The summed E-state index contributed by atoms with van der Waals surface area (Å²) in [7, 11) is 1.84. The summed E-state index contributed by atoms with van der Waals surface area (Å²) < 4.78 is 1.67. The molecular weight excluding hydrogens is 356 g/mol. The molecule has 1 amide bonds. The number of aromatic nitrogens is 4. The van der Waals surface area contributed by atoms with Gasteiger partial charge >= 0.3 is 0 Å². The number of fused-ring (bicyclic) bond motifs is 2. The highest BCUT2D eigenvalue weighted by atomic mass is 16.2. The van der Waals surface area contributed by atoms with E-state index in [1.165, 1.54) is 0 Å². The lowest BCUT2D eigenvalue weighted by molar-refractivity contribution is -0.137. The van der Waals surface area contributed by atoms with Gasteiger partial charge in [-0.3, -0.25) is 14.9 Å². The number of hydrogen-bond acceptors (Lipinski definition) is 4. The largest absolute Gasteiger partial charge is 0.358 e. The standard InChI is InChI=1S/C19H24N8O/c1-25-10-17(23-24-25)13-6-16(21-7-13)18(22-11-20)26-8-14-4-5-15(9-26)27(14)19(28)12-2-3-12/h6-7,10-12,14-15,20-21H,2-5,8-9H2,1H3. The number of H-pyrrole nitrogens is 1. The fraction of sp³-hybridized carbons (Fsp3) is 0.526. The number of hydrogen-bond donors (Lipinski definition) is 2. The number of aromatic amines is 1. The van der Waals surface area contributed by atoms with Crippen molar-refractivity contribution in [2.75, 3.05) is 13.1 Å². The molecule has 4 heterocycles. The third-order valence-corrected chi connectivity index (χ3v) is 5.97. The maximum absolute atomic E-state index is 12.7. The monoisotopic (exact) mass is 380 g/mol. The van der Waals surface area contributed by atoms with Crippen molar-refractivity contribution < 1.29 is 4.79 Å². The zero-order chi connectivity index (χ0) is 19.3. The van der Waals surface area contributed by atoms with Crippen LogP contribution >= 0.6 is 0 Å². The summed E-state index contributed by atoms with van der Waals surface area (Å²) >= 11 is 0. The van der Waals surface area contributed by atoms with Gasteiger partial charge < -0.3 is 14.8 Å². The molecule has 2 aliphatic heterocycles. The first kappa shape index (κ1) is 17.2. The molecule has 3 aliphatic rings. The van der Waals surface area contributed by atoms with Crippen molar-refractivity contribution in [3.8, 4) is 11.3 Å². The second kappa shape index (κ2) is 6.57. The number of carbonyl (C=O) groups is 1. The summed E-state index contributed by atoms with van der Waals surface area (Å²) in [5.74, 6) is 1.37. The normalized spacial score (nSPS) is 24.7. The lowest BCUT2D eigenvalue weighted by Gasteiger charge is -2.42. The summed E-state index contributed by atoms with van der Waals surface area (Å²) in [6.07, 6.45) is 9.03. The lowest BCUT2D eigenvalue weighted by Crippen LogP contribution is -2.57. The molecule has 2 aromatic rings. The van der Waals surface area contributed by atoms with E-state index in [1.54, 1.807) is 4.68 Å². The number of amides is 1. The number of nitrogens with zero attached hydrogens (tertiary/aromatic N) is 6. The predicted molar refractivity (Wildman–Crippen MR) is 104 cm³/mol. The fourth-order valence-corrected chi connectivity index (χ4v) is 4.51. The maximum atomic E-state index is 12.7. The Labute approximate surface area is 162 Å². The summed E-state index contributed by atoms with van der Waals surface area (Å²) in [6.45, 7) is 1.53. The average Bonchev–Trinajstić information content (AvgIpc) is 3.17. The van der Waals surface area contributed by atoms with Crippen molar-refractivity contribution in [2.24, 2.45) is 18.0 Å². The van der Waals surface area contributed by atoms with E-state index in [4.69, 9.17) is 5.41 Å². The Morgan fingerprint density at radius 1 is 1.29 bits per heavy atom. The van der Waals surface area contributed by atoms with Gasteiger partial charge in [-0.15, -0.1) is 5.10 Å². The average molecular weight is 380 g/mol. The minimum Gasteiger partial charge on any atom is -0.358 e. The Morgan fingerprint density at radius 2 is 2.04 bits per heavy atom. The van der Waals surface area contributed by atoms with E-state index >= 15 is 0 Å². The number of nitrogens with one attached hydrogen (secondary N) is 2. The van der Waals surface area contributed by atoms with Crippen LogP contribution in [0.2, 0.25) is 0 Å². The number of rotatable bonds is 4. The zero-order valence-electron chi connectivity index (χ0n) is 15.9. The van der Waals surface area contributed by atoms with Gasteiger partial charge in [0, 0.05) is 49.9 Å². The van der Waals surface area contributed by atoms with Crippen LogP contribution in [0.5, 0.6) is 0 Å². The van der Waals surface area contributed by atoms with Crippen LogP contribution in [0.1, 0.15) is 31.4 Å². The van der Waals surface area contributed by atoms with Gasteiger partial charge in [0.15, 0.2) is 5.84 Å². The number of amidine groups is 1. The molecule has 2 aromatic heterocycles. The predicted octanol–water partition coefficient (Wildman–Crippen LogP) is 1.25. The van der Waals surface area contributed by atoms with Crippen LogP contribution < -0.4 is 0 Å². The quantitative estimate of drug-likeness (QED) is 0.615. The van der Waals surface area contributed by atoms with Crippen molar-refractivity contribution in [1.82, 2.24) is 29.8 Å². The van der Waals surface area contributed by atoms with Gasteiger partial charge in [-0.1, -0.05) is 5.21 Å². The number of aliphatic imine (C=N–C) groups is 1. The minimum atomic E-state index is 0.247. The van der Waals surface area contributed by atoms with E-state index in [0.717, 1.165) is 67.9 Å². The van der Waals surface area contributed by atoms with Crippen molar-refractivity contribution >= 4 is 18.1 Å². The molecule has 9 heteroatoms. The number of carbonyl (C=O) groups excluding carboxylic acids is 1. The Morgan fingerprint density at radius 3 is 2.64 bits per heavy atom. The molecular formula is C19H24N8O. The summed E-state index contributed by atoms with van der Waals surface area (Å²) in [5, 5.41) is 15.7. The molecule has 146 valence electrons. The molecule has 0 spiro atoms. The van der Waals surface area contributed by atoms with E-state index in [2.05, 4.69) is 30.1 Å². The molecule has 1 saturated carbocycles. The van der Waals surface area contributed by atoms with Gasteiger partial charge in [0.1, 0.15) is 12.0 Å². The Kier molecular flexibility index (Phi) is 4.03. The molecule has 2 bridgehead atoms. The third kappa shape index (κ3) is 2.90. The van der Waals surface area contributed by atoms with E-state index in [0.29, 0.717) is 5.91 Å². The van der Waals surface area contributed by atoms with E-state index in [1.807, 2.05) is 25.5 Å². The van der Waals surface area contributed by atoms with Crippen LogP contribution in [0, 0.1) is 11.3 Å². The zero-order valence-corrected chi connectivity index (χ0v) is 15.9. The Balaban J connectivity index is 1.38. The van der Waals surface area contributed by atoms with Crippen LogP contribution in [-0.4, -0.2) is 73.0 Å². The minimum absolute atomic E-state index is 0.247. The summed E-state index contributed by atoms with van der Waals surface area (Å²) in [6, 6.07) is 2.49. The van der Waals surface area contributed by atoms with Crippen LogP contribution in [0.3, 0.4) is 0 Å². The smallest absolute Gasteiger partial charge is 0.226 e. The van der Waals surface area contributed by atoms with Gasteiger partial charge in [0.25, 0.3) is 0 Å². The lowest BCUT2D eigenvalue weighted by atomic mass is 10.1. The van der Waals surface area contributed by atoms with Crippen molar-refractivity contribution in [3.05, 3.63) is 24.2 Å². The van der Waals surface area contributed by atoms with E-state index in [9.17, 15) is 4.79 Å². The molecule has 3 fully saturated rings. The number of piperazine rings is 1. The Hall–Kier alpha value is -2.97. The van der Waals surface area contributed by atoms with Crippen LogP contribution in [0.4, 0.5) is 0 Å². The van der Waals surface area contributed by atoms with Gasteiger partial charge in [0.2, 0.25) is 5.91 Å². The molecule has 1 aliphatic carbocycles. The molecule has 0 radical (unpaired) electrons. The first-order chi connectivity index (χ1) is 13.6. The van der Waals surface area contributed by atoms with E-state index in [-0.39, 0.29) is 18.0 Å². The van der Waals surface area contributed by atoms with E-state index < -0.39 is 0 Å². The highest BCUT2D eigenvalue weighted by molar-refractivity contribution is 6.02. The first-order valence-electron chi connectivity index (χ1n) is 9.83. The summed E-state index contributed by atoms with van der Waals surface area (Å²) in [4.78, 5) is 24.7. The highest BCUT2D eigenvalue weighted by Crippen LogP contribution is 2.38. The number of likely N-dealkylation sites (tertiary alicyclic amines) is 1. The number of aryl methyl sites for hydroxylation is 1. The fourth-order valence-electron chi connectivity index (χ4n) is 4.51. The SMILES string of the molecule is Cn1cc(-c2c[nH]c(C(=NC=N)N3CC4CCC(C3)N4C(=O)C3CC3)c2)nn1. The Bertz CT molecular complexity index is 925. The second-order valence-corrected chi connectivity index (χ2v) is 7.97. The van der Waals surface area contributed by atoms with Gasteiger partial charge in [-0.25, -0.2) is 4.99 Å². The van der Waals surface area contributed by atoms with Crippen molar-refractivity contribution in [2.45, 2.75) is 37.8 Å². The molecule has 2 N–H and O–H groups in total. The van der Waals surface area contributed by atoms with Crippen molar-refractivity contribution in [3.63, 3.8) is 0 Å². The maximum Gasteiger partial charge on any atom is 0.226 e. The molecule has 0 aromatic carbocycles. The van der Waals surface area contributed by atoms with Crippen LogP contribution in [-0.2, 0) is 11.8 Å². The highest BCUT2D eigenvalue weighted by Gasteiger charge is 2.47. The molecule has 2 saturated heterocycles. The molecule has 28 heavy (non-hydrogen) atoms. The van der Waals surface area contributed by atoms with Gasteiger partial charge in [-0.05, 0) is 31.7 Å². The topological polar surface area (TPSA) is 106 Å². The van der Waals surface area contributed by atoms with Crippen LogP contribution in [0.25, 0.3) is 11.3 Å². The third-order valence-electron chi connectivity index (χ3n) is 5.97. The van der Waals surface area contributed by atoms with Gasteiger partial charge in [0.05, 0.1) is 11.9 Å². The molecule has 2 unspecified atom stereocenters. The molecule has 5 rings (SSSR count). The summed E-state index contributed by atoms with van der Waals surface area (Å²) in [5.41, 5.74) is 2.58. The first-order valence-corrected chi connectivity index (χ1v) is 9.83. The van der Waals surface area contributed by atoms with Crippen LogP contribution in [0.15, 0.2) is 23.5 Å². The van der Waals surface area contributed by atoms with Gasteiger partial charge in [-0.2, -0.15) is 0 Å². The molecule has 9 nitrogen and oxygen atoms in total. The second-order valence-electron chi connectivity index (χ2n) is 7.97.